The fourth-order valence-corrected chi connectivity index (χ4v) is 3.37. The van der Waals surface area contributed by atoms with Crippen LogP contribution in [-0.2, 0) is 4.74 Å². The van der Waals surface area contributed by atoms with E-state index in [2.05, 4.69) is 24.1 Å². The van der Waals surface area contributed by atoms with Crippen LogP contribution in [0, 0.1) is 5.41 Å². The van der Waals surface area contributed by atoms with Crippen molar-refractivity contribution < 1.29 is 4.74 Å². The van der Waals surface area contributed by atoms with E-state index in [4.69, 9.17) is 4.74 Å². The first kappa shape index (κ1) is 14.3. The molecular weight excluding hydrogens is 224 g/mol. The first-order valence-corrected chi connectivity index (χ1v) is 7.76. The number of likely N-dealkylation sites (tertiary alicyclic amines) is 1. The van der Waals surface area contributed by atoms with Crippen LogP contribution in [0.4, 0.5) is 0 Å². The highest BCUT2D eigenvalue weighted by molar-refractivity contribution is 4.86. The molecule has 2 atom stereocenters. The minimum atomic E-state index is 0.477. The summed E-state index contributed by atoms with van der Waals surface area (Å²) in [6.07, 6.45) is 6.89. The topological polar surface area (TPSA) is 24.5 Å². The van der Waals surface area contributed by atoms with Crippen molar-refractivity contribution in [2.24, 2.45) is 5.41 Å². The van der Waals surface area contributed by atoms with Crippen molar-refractivity contribution in [1.29, 1.82) is 0 Å². The maximum absolute atomic E-state index is 5.93. The monoisotopic (exact) mass is 254 g/mol. The normalized spacial score (nSPS) is 34.7. The number of nitrogens with one attached hydrogen (secondary N) is 1. The summed E-state index contributed by atoms with van der Waals surface area (Å²) in [7, 11) is 0. The second-order valence-corrected chi connectivity index (χ2v) is 6.46. The molecule has 0 spiro atoms. The molecule has 1 N–H and O–H groups in total. The number of nitrogens with zero attached hydrogens (tertiary/aromatic N) is 1. The van der Waals surface area contributed by atoms with E-state index < -0.39 is 0 Å². The Morgan fingerprint density at radius 3 is 3.00 bits per heavy atom. The van der Waals surface area contributed by atoms with Gasteiger partial charge in [-0.3, -0.25) is 0 Å². The zero-order chi connectivity index (χ0) is 12.8. The Hall–Kier alpha value is -0.120. The van der Waals surface area contributed by atoms with E-state index >= 15 is 0 Å². The zero-order valence-electron chi connectivity index (χ0n) is 12.2. The van der Waals surface area contributed by atoms with E-state index in [1.54, 1.807) is 0 Å². The smallest absolute Gasteiger partial charge is 0.0702 e. The summed E-state index contributed by atoms with van der Waals surface area (Å²) in [6.45, 7) is 11.6. The highest BCUT2D eigenvalue weighted by Crippen LogP contribution is 2.28. The molecule has 0 aliphatic carbocycles. The van der Waals surface area contributed by atoms with Gasteiger partial charge in [0.15, 0.2) is 0 Å². The molecule has 0 amide bonds. The van der Waals surface area contributed by atoms with Gasteiger partial charge < -0.3 is 15.0 Å². The molecule has 0 aromatic rings. The Morgan fingerprint density at radius 1 is 1.39 bits per heavy atom. The van der Waals surface area contributed by atoms with Gasteiger partial charge in [0.1, 0.15) is 0 Å². The minimum Gasteiger partial charge on any atom is -0.377 e. The van der Waals surface area contributed by atoms with Crippen LogP contribution in [-0.4, -0.2) is 50.3 Å². The van der Waals surface area contributed by atoms with Crippen molar-refractivity contribution in [2.75, 3.05) is 39.3 Å². The molecule has 0 radical (unpaired) electrons. The lowest BCUT2D eigenvalue weighted by Crippen LogP contribution is -2.49. The fraction of sp³-hybridized carbons (Fsp3) is 1.00. The van der Waals surface area contributed by atoms with Crippen molar-refractivity contribution in [3.63, 3.8) is 0 Å². The van der Waals surface area contributed by atoms with Crippen molar-refractivity contribution in [2.45, 2.75) is 52.1 Å². The summed E-state index contributed by atoms with van der Waals surface area (Å²) in [6, 6.07) is 0. The molecule has 3 heteroatoms. The van der Waals surface area contributed by atoms with Gasteiger partial charge in [-0.05, 0) is 50.6 Å². The third kappa shape index (κ3) is 4.22. The standard InChI is InChI=1S/C15H30N2O/c1-3-10-18-14-6-4-9-17(11-14)13-15(2)7-5-8-16-12-15/h14,16H,3-13H2,1-2H3. The summed E-state index contributed by atoms with van der Waals surface area (Å²) >= 11 is 0. The Labute approximate surface area is 112 Å². The predicted molar refractivity (Wildman–Crippen MR) is 75.9 cm³/mol. The minimum absolute atomic E-state index is 0.477. The van der Waals surface area contributed by atoms with Gasteiger partial charge >= 0.3 is 0 Å². The second kappa shape index (κ2) is 6.88. The molecule has 18 heavy (non-hydrogen) atoms. The quantitative estimate of drug-likeness (QED) is 0.814. The molecule has 2 aliphatic heterocycles. The van der Waals surface area contributed by atoms with E-state index in [1.165, 1.54) is 51.9 Å². The van der Waals surface area contributed by atoms with Crippen LogP contribution < -0.4 is 5.32 Å². The van der Waals surface area contributed by atoms with Crippen LogP contribution >= 0.6 is 0 Å². The molecule has 3 nitrogen and oxygen atoms in total. The largest absolute Gasteiger partial charge is 0.377 e. The van der Waals surface area contributed by atoms with Gasteiger partial charge in [-0.15, -0.1) is 0 Å². The van der Waals surface area contributed by atoms with E-state index in [9.17, 15) is 0 Å². The van der Waals surface area contributed by atoms with Crippen molar-refractivity contribution in [3.8, 4) is 0 Å². The third-order valence-electron chi connectivity index (χ3n) is 4.31. The van der Waals surface area contributed by atoms with E-state index in [0.717, 1.165) is 19.6 Å². The maximum Gasteiger partial charge on any atom is 0.0702 e. The second-order valence-electron chi connectivity index (χ2n) is 6.46. The van der Waals surface area contributed by atoms with Gasteiger partial charge in [-0.25, -0.2) is 0 Å². The lowest BCUT2D eigenvalue weighted by atomic mass is 9.82. The highest BCUT2D eigenvalue weighted by Gasteiger charge is 2.31. The molecule has 0 aromatic heterocycles. The van der Waals surface area contributed by atoms with Gasteiger partial charge in [0.2, 0.25) is 0 Å². The number of ether oxygens (including phenoxy) is 1. The summed E-state index contributed by atoms with van der Waals surface area (Å²) < 4.78 is 5.93. The van der Waals surface area contributed by atoms with Crippen molar-refractivity contribution in [1.82, 2.24) is 10.2 Å². The number of hydrogen-bond donors (Lipinski definition) is 1. The molecule has 0 bridgehead atoms. The molecule has 2 aliphatic rings. The molecule has 2 rings (SSSR count). The van der Waals surface area contributed by atoms with Gasteiger partial charge in [0.05, 0.1) is 6.10 Å². The predicted octanol–water partition coefficient (Wildman–Crippen LogP) is 2.27. The molecule has 106 valence electrons. The van der Waals surface area contributed by atoms with Gasteiger partial charge in [-0.1, -0.05) is 13.8 Å². The van der Waals surface area contributed by atoms with E-state index in [1.807, 2.05) is 0 Å². The molecule has 2 fully saturated rings. The van der Waals surface area contributed by atoms with Crippen LogP contribution in [0.3, 0.4) is 0 Å². The lowest BCUT2D eigenvalue weighted by Gasteiger charge is -2.41. The number of rotatable bonds is 5. The Balaban J connectivity index is 1.77. The molecule has 2 unspecified atom stereocenters. The van der Waals surface area contributed by atoms with Gasteiger partial charge in [-0.2, -0.15) is 0 Å². The molecule has 2 heterocycles. The molecule has 2 saturated heterocycles. The van der Waals surface area contributed by atoms with Gasteiger partial charge in [0, 0.05) is 26.2 Å². The Bertz CT molecular complexity index is 239. The summed E-state index contributed by atoms with van der Waals surface area (Å²) in [5.41, 5.74) is 0.477. The fourth-order valence-electron chi connectivity index (χ4n) is 3.37. The average Bonchev–Trinajstić information content (AvgIpc) is 2.37. The summed E-state index contributed by atoms with van der Waals surface area (Å²) in [5, 5.41) is 3.55. The number of hydrogen-bond acceptors (Lipinski definition) is 3. The van der Waals surface area contributed by atoms with Crippen LogP contribution in [0.1, 0.15) is 46.0 Å². The van der Waals surface area contributed by atoms with Crippen LogP contribution in [0.2, 0.25) is 0 Å². The SMILES string of the molecule is CCCOC1CCCN(CC2(C)CCCNC2)C1. The highest BCUT2D eigenvalue weighted by atomic mass is 16.5. The molecule has 0 saturated carbocycles. The number of piperidine rings is 2. The van der Waals surface area contributed by atoms with Crippen LogP contribution in [0.5, 0.6) is 0 Å². The van der Waals surface area contributed by atoms with Crippen molar-refractivity contribution in [3.05, 3.63) is 0 Å². The Morgan fingerprint density at radius 2 is 2.28 bits per heavy atom. The van der Waals surface area contributed by atoms with E-state index in [-0.39, 0.29) is 0 Å². The molecular formula is C15H30N2O. The average molecular weight is 254 g/mol. The maximum atomic E-state index is 5.93. The Kier molecular flexibility index (Phi) is 5.46. The third-order valence-corrected chi connectivity index (χ3v) is 4.31. The van der Waals surface area contributed by atoms with Crippen molar-refractivity contribution >= 4 is 0 Å². The molecule has 0 aromatic carbocycles. The van der Waals surface area contributed by atoms with E-state index in [0.29, 0.717) is 11.5 Å². The van der Waals surface area contributed by atoms with Crippen LogP contribution in [0.25, 0.3) is 0 Å². The first-order chi connectivity index (χ1) is 8.72. The summed E-state index contributed by atoms with van der Waals surface area (Å²) in [5.74, 6) is 0. The lowest BCUT2D eigenvalue weighted by molar-refractivity contribution is -0.0125. The van der Waals surface area contributed by atoms with Gasteiger partial charge in [0.25, 0.3) is 0 Å². The summed E-state index contributed by atoms with van der Waals surface area (Å²) in [4.78, 5) is 2.64. The first-order valence-electron chi connectivity index (χ1n) is 7.76. The zero-order valence-corrected chi connectivity index (χ0v) is 12.2. The van der Waals surface area contributed by atoms with Crippen LogP contribution in [0.15, 0.2) is 0 Å².